The number of piperazine rings is 1. The van der Waals surface area contributed by atoms with Gasteiger partial charge in [-0.3, -0.25) is 0 Å². The van der Waals surface area contributed by atoms with Crippen molar-refractivity contribution in [3.8, 4) is 0 Å². The van der Waals surface area contributed by atoms with E-state index in [1.807, 2.05) is 23.5 Å². The van der Waals surface area contributed by atoms with Crippen LogP contribution in [0.15, 0.2) is 29.3 Å². The highest BCUT2D eigenvalue weighted by Gasteiger charge is 2.38. The summed E-state index contributed by atoms with van der Waals surface area (Å²) < 4.78 is 104. The summed E-state index contributed by atoms with van der Waals surface area (Å²) in [4.78, 5) is 10.9. The van der Waals surface area contributed by atoms with Crippen molar-refractivity contribution in [2.24, 2.45) is 5.92 Å². The van der Waals surface area contributed by atoms with E-state index >= 15 is 0 Å². The first-order valence-corrected chi connectivity index (χ1v) is 14.6. The van der Waals surface area contributed by atoms with Gasteiger partial charge in [0.2, 0.25) is 16.0 Å². The minimum atomic E-state index is -4.84. The van der Waals surface area contributed by atoms with Gasteiger partial charge in [-0.15, -0.1) is 0 Å². The molecule has 0 amide bonds. The molecule has 1 atom stereocenters. The molecular formula is C21H27F4N5O4S2. The molecule has 1 unspecified atom stereocenters. The number of benzene rings is 1. The van der Waals surface area contributed by atoms with E-state index in [9.17, 15) is 34.4 Å². The van der Waals surface area contributed by atoms with Crippen LogP contribution in [0.4, 0.5) is 29.2 Å². The molecule has 1 aromatic heterocycles. The number of halogens is 4. The highest BCUT2D eigenvalue weighted by atomic mass is 32.2. The van der Waals surface area contributed by atoms with Crippen LogP contribution in [0.25, 0.3) is 0 Å². The number of hydrogen-bond donors (Lipinski definition) is 1. The fourth-order valence-electron chi connectivity index (χ4n) is 3.96. The SMILES string of the molecule is CC(C)C1CN(c2ccc(F)c(S(C)(=O)=O)c2)CCN1c1ncc(CNS(C)(=O)=O)c(C(F)(F)F)n1. The number of sulfonamides is 1. The first kappa shape index (κ1) is 28.1. The predicted octanol–water partition coefficient (Wildman–Crippen LogP) is 2.44. The zero-order valence-corrected chi connectivity index (χ0v) is 21.7. The van der Waals surface area contributed by atoms with E-state index in [1.165, 1.54) is 12.1 Å². The van der Waals surface area contributed by atoms with Gasteiger partial charge in [0.25, 0.3) is 0 Å². The zero-order valence-electron chi connectivity index (χ0n) is 20.0. The van der Waals surface area contributed by atoms with Crippen LogP contribution in [0, 0.1) is 11.7 Å². The van der Waals surface area contributed by atoms with E-state index in [-0.39, 0.29) is 24.5 Å². The zero-order chi connectivity index (χ0) is 27.1. The molecule has 200 valence electrons. The molecule has 1 saturated heterocycles. The monoisotopic (exact) mass is 553 g/mol. The maximum Gasteiger partial charge on any atom is 0.433 e. The topological polar surface area (TPSA) is 113 Å². The van der Waals surface area contributed by atoms with Crippen molar-refractivity contribution in [1.82, 2.24) is 14.7 Å². The first-order valence-electron chi connectivity index (χ1n) is 10.9. The minimum absolute atomic E-state index is 0.0628. The number of rotatable bonds is 7. The third-order valence-electron chi connectivity index (χ3n) is 5.77. The molecule has 0 aliphatic carbocycles. The lowest BCUT2D eigenvalue weighted by atomic mass is 9.99. The van der Waals surface area contributed by atoms with Crippen molar-refractivity contribution < 1.29 is 34.4 Å². The third kappa shape index (κ3) is 6.62. The van der Waals surface area contributed by atoms with Gasteiger partial charge in [-0.2, -0.15) is 13.2 Å². The van der Waals surface area contributed by atoms with Gasteiger partial charge in [0.15, 0.2) is 15.5 Å². The Kier molecular flexibility index (Phi) is 7.86. The Morgan fingerprint density at radius 3 is 2.36 bits per heavy atom. The van der Waals surface area contributed by atoms with Crippen LogP contribution < -0.4 is 14.5 Å². The summed E-state index contributed by atoms with van der Waals surface area (Å²) in [5, 5.41) is 0. The molecule has 0 spiro atoms. The Labute approximate surface area is 207 Å². The molecule has 0 bridgehead atoms. The molecular weight excluding hydrogens is 526 g/mol. The van der Waals surface area contributed by atoms with Gasteiger partial charge in [-0.25, -0.2) is 35.9 Å². The van der Waals surface area contributed by atoms with Gasteiger partial charge in [0.05, 0.1) is 12.3 Å². The predicted molar refractivity (Wildman–Crippen MR) is 126 cm³/mol. The third-order valence-corrected chi connectivity index (χ3v) is 7.55. The highest BCUT2D eigenvalue weighted by molar-refractivity contribution is 7.90. The highest BCUT2D eigenvalue weighted by Crippen LogP contribution is 2.33. The molecule has 9 nitrogen and oxygen atoms in total. The normalized spacial score (nSPS) is 17.6. The van der Waals surface area contributed by atoms with E-state index in [1.54, 1.807) is 4.90 Å². The molecule has 0 saturated carbocycles. The summed E-state index contributed by atoms with van der Waals surface area (Å²) in [5.41, 5.74) is -1.16. The maximum atomic E-state index is 14.1. The van der Waals surface area contributed by atoms with Crippen LogP contribution in [0.5, 0.6) is 0 Å². The molecule has 0 radical (unpaired) electrons. The van der Waals surface area contributed by atoms with E-state index in [0.717, 1.165) is 24.8 Å². The van der Waals surface area contributed by atoms with Gasteiger partial charge in [-0.05, 0) is 24.1 Å². The lowest BCUT2D eigenvalue weighted by Crippen LogP contribution is -2.56. The second-order valence-electron chi connectivity index (χ2n) is 8.97. The molecule has 1 aromatic carbocycles. The summed E-state index contributed by atoms with van der Waals surface area (Å²) in [6.45, 7) is 3.95. The van der Waals surface area contributed by atoms with Crippen LogP contribution in [-0.4, -0.2) is 65.0 Å². The van der Waals surface area contributed by atoms with Crippen LogP contribution >= 0.6 is 0 Å². The molecule has 3 rings (SSSR count). The van der Waals surface area contributed by atoms with Gasteiger partial charge < -0.3 is 9.80 Å². The van der Waals surface area contributed by atoms with Gasteiger partial charge in [0, 0.05) is 49.9 Å². The van der Waals surface area contributed by atoms with Gasteiger partial charge in [0.1, 0.15) is 10.7 Å². The Hall–Kier alpha value is -2.52. The lowest BCUT2D eigenvalue weighted by Gasteiger charge is -2.44. The van der Waals surface area contributed by atoms with Crippen molar-refractivity contribution in [2.75, 3.05) is 41.9 Å². The number of nitrogens with zero attached hydrogens (tertiary/aromatic N) is 4. The number of sulfone groups is 1. The van der Waals surface area contributed by atoms with Crippen LogP contribution in [-0.2, 0) is 32.6 Å². The number of hydrogen-bond acceptors (Lipinski definition) is 8. The van der Waals surface area contributed by atoms with Crippen LogP contribution in [0.1, 0.15) is 25.1 Å². The lowest BCUT2D eigenvalue weighted by molar-refractivity contribution is -0.141. The fourth-order valence-corrected chi connectivity index (χ4v) is 5.13. The van der Waals surface area contributed by atoms with Crippen LogP contribution in [0.3, 0.4) is 0 Å². The molecule has 15 heteroatoms. The average molecular weight is 554 g/mol. The minimum Gasteiger partial charge on any atom is -0.368 e. The summed E-state index contributed by atoms with van der Waals surface area (Å²) in [5.74, 6) is -1.08. The first-order chi connectivity index (χ1) is 16.5. The summed E-state index contributed by atoms with van der Waals surface area (Å²) in [6.07, 6.45) is -2.13. The standard InChI is InChI=1S/C21H27F4N5O4S2/c1-13(2)17-12-29(15-5-6-16(22)18(9-15)35(3,31)32)7-8-30(17)20-26-10-14(11-27-36(4,33)34)19(28-20)21(23,24)25/h5-6,9-10,13,17,27H,7-8,11-12H2,1-4H3. The largest absolute Gasteiger partial charge is 0.433 e. The second-order valence-corrected chi connectivity index (χ2v) is 12.8. The fraction of sp³-hybridized carbons (Fsp3) is 0.524. The van der Waals surface area contributed by atoms with Crippen LogP contribution in [0.2, 0.25) is 0 Å². The Morgan fingerprint density at radius 2 is 1.81 bits per heavy atom. The van der Waals surface area contributed by atoms with Crippen molar-refractivity contribution in [3.05, 3.63) is 41.5 Å². The van der Waals surface area contributed by atoms with Crippen molar-refractivity contribution in [3.63, 3.8) is 0 Å². The summed E-state index contributed by atoms with van der Waals surface area (Å²) in [6, 6.07) is 3.43. The van der Waals surface area contributed by atoms with Gasteiger partial charge in [-0.1, -0.05) is 13.8 Å². The Bertz CT molecular complexity index is 1330. The molecule has 1 N–H and O–H groups in total. The van der Waals surface area contributed by atoms with Crippen molar-refractivity contribution in [1.29, 1.82) is 0 Å². The number of nitrogens with one attached hydrogen (secondary N) is 1. The molecule has 2 heterocycles. The average Bonchev–Trinajstić information content (AvgIpc) is 2.75. The van der Waals surface area contributed by atoms with Crippen molar-refractivity contribution >= 4 is 31.5 Å². The van der Waals surface area contributed by atoms with E-state index in [4.69, 9.17) is 0 Å². The van der Waals surface area contributed by atoms with Crippen molar-refractivity contribution in [2.45, 2.75) is 37.5 Å². The van der Waals surface area contributed by atoms with Gasteiger partial charge >= 0.3 is 6.18 Å². The molecule has 1 aliphatic rings. The summed E-state index contributed by atoms with van der Waals surface area (Å²) in [7, 11) is -7.53. The molecule has 1 fully saturated rings. The van der Waals surface area contributed by atoms with E-state index in [0.29, 0.717) is 18.8 Å². The molecule has 36 heavy (non-hydrogen) atoms. The molecule has 1 aliphatic heterocycles. The number of anilines is 2. The summed E-state index contributed by atoms with van der Waals surface area (Å²) >= 11 is 0. The second kappa shape index (κ2) is 10.1. The number of alkyl halides is 3. The Morgan fingerprint density at radius 1 is 1.14 bits per heavy atom. The Balaban J connectivity index is 1.93. The molecule has 2 aromatic rings. The smallest absolute Gasteiger partial charge is 0.368 e. The van der Waals surface area contributed by atoms with E-state index in [2.05, 4.69) is 9.97 Å². The quantitative estimate of drug-likeness (QED) is 0.521. The number of aromatic nitrogens is 2. The maximum absolute atomic E-state index is 14.1. The van der Waals surface area contributed by atoms with E-state index < -0.39 is 54.6 Å².